The molecule has 98 valence electrons. The summed E-state index contributed by atoms with van der Waals surface area (Å²) in [5.41, 5.74) is 3.59. The molecule has 0 fully saturated rings. The van der Waals surface area contributed by atoms with E-state index < -0.39 is 0 Å². The molecular formula is C16H23NO. The Balaban J connectivity index is 2.54. The second-order valence-electron chi connectivity index (χ2n) is 7.24. The van der Waals surface area contributed by atoms with Gasteiger partial charge in [-0.15, -0.1) is 0 Å². The largest absolute Gasteiger partial charge is 0.443 e. The SMILES string of the molecule is CC(C)(C)C(c1ccc2ocnc2c1)C(C)(C)C. The molecule has 1 aromatic heterocycles. The van der Waals surface area contributed by atoms with Crippen LogP contribution in [0.1, 0.15) is 53.0 Å². The lowest BCUT2D eigenvalue weighted by molar-refractivity contribution is 0.176. The van der Waals surface area contributed by atoms with Gasteiger partial charge in [-0.25, -0.2) is 4.98 Å². The second kappa shape index (κ2) is 4.11. The van der Waals surface area contributed by atoms with Gasteiger partial charge in [-0.3, -0.25) is 0 Å². The van der Waals surface area contributed by atoms with E-state index in [4.69, 9.17) is 4.42 Å². The van der Waals surface area contributed by atoms with Gasteiger partial charge in [-0.1, -0.05) is 47.6 Å². The molecule has 0 aliphatic rings. The van der Waals surface area contributed by atoms with Crippen LogP contribution in [0.5, 0.6) is 0 Å². The van der Waals surface area contributed by atoms with Crippen molar-refractivity contribution in [3.8, 4) is 0 Å². The zero-order chi connectivity index (χ0) is 13.6. The summed E-state index contributed by atoms with van der Waals surface area (Å²) in [5.74, 6) is 0.478. The zero-order valence-electron chi connectivity index (χ0n) is 12.2. The van der Waals surface area contributed by atoms with Crippen molar-refractivity contribution in [2.75, 3.05) is 0 Å². The van der Waals surface area contributed by atoms with Crippen LogP contribution in [0.4, 0.5) is 0 Å². The van der Waals surface area contributed by atoms with Crippen LogP contribution >= 0.6 is 0 Å². The van der Waals surface area contributed by atoms with E-state index in [-0.39, 0.29) is 10.8 Å². The molecule has 0 bridgehead atoms. The molecule has 0 spiro atoms. The predicted octanol–water partition coefficient (Wildman–Crippen LogP) is 5.00. The summed E-state index contributed by atoms with van der Waals surface area (Å²) < 4.78 is 5.31. The Morgan fingerprint density at radius 3 is 2.17 bits per heavy atom. The maximum absolute atomic E-state index is 5.31. The maximum atomic E-state index is 5.31. The Bertz CT molecular complexity index is 526. The highest BCUT2D eigenvalue weighted by Gasteiger charge is 2.36. The average Bonchev–Trinajstić information content (AvgIpc) is 2.59. The molecule has 0 N–H and O–H groups in total. The first-order valence-electron chi connectivity index (χ1n) is 6.53. The highest BCUT2D eigenvalue weighted by molar-refractivity contribution is 5.73. The van der Waals surface area contributed by atoms with Gasteiger partial charge in [0.05, 0.1) is 0 Å². The number of rotatable bonds is 1. The molecule has 0 atom stereocenters. The van der Waals surface area contributed by atoms with E-state index >= 15 is 0 Å². The highest BCUT2D eigenvalue weighted by atomic mass is 16.3. The number of oxazole rings is 1. The van der Waals surface area contributed by atoms with Crippen LogP contribution < -0.4 is 0 Å². The van der Waals surface area contributed by atoms with Crippen LogP contribution in [0.25, 0.3) is 11.1 Å². The summed E-state index contributed by atoms with van der Waals surface area (Å²) in [5, 5.41) is 0. The molecule has 0 radical (unpaired) electrons. The van der Waals surface area contributed by atoms with Gasteiger partial charge in [0.15, 0.2) is 12.0 Å². The number of benzene rings is 1. The van der Waals surface area contributed by atoms with Gasteiger partial charge in [0, 0.05) is 0 Å². The topological polar surface area (TPSA) is 26.0 Å². The van der Waals surface area contributed by atoms with Crippen LogP contribution in [0.15, 0.2) is 29.0 Å². The van der Waals surface area contributed by atoms with E-state index in [9.17, 15) is 0 Å². The van der Waals surface area contributed by atoms with Crippen molar-refractivity contribution in [2.45, 2.75) is 47.5 Å². The van der Waals surface area contributed by atoms with E-state index in [1.165, 1.54) is 12.0 Å². The van der Waals surface area contributed by atoms with E-state index in [1.54, 1.807) is 0 Å². The van der Waals surface area contributed by atoms with Gasteiger partial charge in [-0.05, 0) is 34.4 Å². The minimum Gasteiger partial charge on any atom is -0.443 e. The van der Waals surface area contributed by atoms with Crippen LogP contribution in [0, 0.1) is 10.8 Å². The van der Waals surface area contributed by atoms with Gasteiger partial charge in [0.25, 0.3) is 0 Å². The third-order valence-corrected chi connectivity index (χ3v) is 3.42. The molecule has 0 saturated carbocycles. The number of aromatic nitrogens is 1. The van der Waals surface area contributed by atoms with Crippen molar-refractivity contribution >= 4 is 11.1 Å². The first-order chi connectivity index (χ1) is 8.19. The molecule has 2 aromatic rings. The number of hydrogen-bond donors (Lipinski definition) is 0. The van der Waals surface area contributed by atoms with Gasteiger partial charge in [-0.2, -0.15) is 0 Å². The van der Waals surface area contributed by atoms with Crippen molar-refractivity contribution < 1.29 is 4.42 Å². The van der Waals surface area contributed by atoms with E-state index in [2.05, 4.69) is 58.7 Å². The lowest BCUT2D eigenvalue weighted by Crippen LogP contribution is -2.30. The van der Waals surface area contributed by atoms with Crippen molar-refractivity contribution in [2.24, 2.45) is 10.8 Å². The lowest BCUT2D eigenvalue weighted by atomic mass is 9.64. The smallest absolute Gasteiger partial charge is 0.181 e. The number of nitrogens with zero attached hydrogens (tertiary/aromatic N) is 1. The Labute approximate surface area is 109 Å². The van der Waals surface area contributed by atoms with Crippen LogP contribution in [0.3, 0.4) is 0 Å². The molecule has 1 aromatic carbocycles. The average molecular weight is 245 g/mol. The minimum atomic E-state index is 0.218. The highest BCUT2D eigenvalue weighted by Crippen LogP contribution is 2.47. The van der Waals surface area contributed by atoms with E-state index in [0.29, 0.717) is 5.92 Å². The lowest BCUT2D eigenvalue weighted by Gasteiger charge is -2.41. The first-order valence-corrected chi connectivity index (χ1v) is 6.53. The summed E-state index contributed by atoms with van der Waals surface area (Å²) in [4.78, 5) is 4.26. The predicted molar refractivity (Wildman–Crippen MR) is 75.7 cm³/mol. The summed E-state index contributed by atoms with van der Waals surface area (Å²) in [6.45, 7) is 13.8. The minimum absolute atomic E-state index is 0.218. The Morgan fingerprint density at radius 2 is 1.61 bits per heavy atom. The van der Waals surface area contributed by atoms with Gasteiger partial charge >= 0.3 is 0 Å². The number of hydrogen-bond acceptors (Lipinski definition) is 2. The monoisotopic (exact) mass is 245 g/mol. The molecule has 18 heavy (non-hydrogen) atoms. The van der Waals surface area contributed by atoms with Crippen LogP contribution in [-0.4, -0.2) is 4.98 Å². The van der Waals surface area contributed by atoms with Crippen LogP contribution in [0.2, 0.25) is 0 Å². The summed E-state index contributed by atoms with van der Waals surface area (Å²) in [7, 11) is 0. The third kappa shape index (κ3) is 2.43. The fourth-order valence-electron chi connectivity index (χ4n) is 3.35. The van der Waals surface area contributed by atoms with Crippen molar-refractivity contribution in [3.05, 3.63) is 30.2 Å². The third-order valence-electron chi connectivity index (χ3n) is 3.42. The van der Waals surface area contributed by atoms with E-state index in [0.717, 1.165) is 11.1 Å². The summed E-state index contributed by atoms with van der Waals surface area (Å²) in [6.07, 6.45) is 1.51. The van der Waals surface area contributed by atoms with Gasteiger partial charge in [0.1, 0.15) is 5.52 Å². The zero-order valence-corrected chi connectivity index (χ0v) is 12.2. The first kappa shape index (κ1) is 13.1. The molecule has 0 aliphatic carbocycles. The fraction of sp³-hybridized carbons (Fsp3) is 0.562. The molecule has 2 rings (SSSR count). The summed E-state index contributed by atoms with van der Waals surface area (Å²) >= 11 is 0. The Hall–Kier alpha value is -1.31. The van der Waals surface area contributed by atoms with Crippen molar-refractivity contribution in [1.29, 1.82) is 0 Å². The molecular weight excluding hydrogens is 222 g/mol. The Kier molecular flexibility index (Phi) is 3.00. The normalized spacial score (nSPS) is 13.5. The van der Waals surface area contributed by atoms with Gasteiger partial charge < -0.3 is 4.42 Å². The van der Waals surface area contributed by atoms with Crippen molar-refractivity contribution in [1.82, 2.24) is 4.98 Å². The van der Waals surface area contributed by atoms with E-state index in [1.807, 2.05) is 6.07 Å². The summed E-state index contributed by atoms with van der Waals surface area (Å²) in [6, 6.07) is 6.37. The second-order valence-corrected chi connectivity index (χ2v) is 7.24. The molecule has 2 heteroatoms. The standard InChI is InChI=1S/C16H23NO/c1-15(2,3)14(16(4,5)6)11-7-8-13-12(9-11)17-10-18-13/h7-10,14H,1-6H3. The molecule has 0 aliphatic heterocycles. The molecule has 0 amide bonds. The Morgan fingerprint density at radius 1 is 1.00 bits per heavy atom. The van der Waals surface area contributed by atoms with Gasteiger partial charge in [0.2, 0.25) is 0 Å². The maximum Gasteiger partial charge on any atom is 0.181 e. The molecule has 2 nitrogen and oxygen atoms in total. The number of fused-ring (bicyclic) bond motifs is 1. The van der Waals surface area contributed by atoms with Crippen molar-refractivity contribution in [3.63, 3.8) is 0 Å². The quantitative estimate of drug-likeness (QED) is 0.706. The molecule has 1 heterocycles. The molecule has 0 saturated heterocycles. The fourth-order valence-corrected chi connectivity index (χ4v) is 3.35. The molecule has 0 unspecified atom stereocenters. The van der Waals surface area contributed by atoms with Crippen LogP contribution in [-0.2, 0) is 0 Å².